The standard InChI is InChI=1S/C10H15N3O/c1-8-7-12-10(6-9(8)11)13-2-4-14-5-3-13/h6-7H,2-5H2,1H3,(H2,11,12). The van der Waals surface area contributed by atoms with Gasteiger partial charge in [-0.2, -0.15) is 0 Å². The zero-order chi connectivity index (χ0) is 9.97. The largest absolute Gasteiger partial charge is 0.398 e. The van der Waals surface area contributed by atoms with E-state index >= 15 is 0 Å². The maximum atomic E-state index is 5.83. The number of nitrogens with zero attached hydrogens (tertiary/aromatic N) is 2. The van der Waals surface area contributed by atoms with Gasteiger partial charge >= 0.3 is 0 Å². The van der Waals surface area contributed by atoms with Gasteiger partial charge in [0, 0.05) is 31.0 Å². The summed E-state index contributed by atoms with van der Waals surface area (Å²) in [7, 11) is 0. The predicted molar refractivity (Wildman–Crippen MR) is 56.4 cm³/mol. The fourth-order valence-electron chi connectivity index (χ4n) is 1.49. The summed E-state index contributed by atoms with van der Waals surface area (Å²) in [6.45, 7) is 5.31. The number of aryl methyl sites for hydroxylation is 1. The Hall–Kier alpha value is -1.29. The number of pyridine rings is 1. The van der Waals surface area contributed by atoms with Crippen LogP contribution in [0.4, 0.5) is 11.5 Å². The number of hydrogen-bond donors (Lipinski definition) is 1. The van der Waals surface area contributed by atoms with E-state index in [4.69, 9.17) is 10.5 Å². The topological polar surface area (TPSA) is 51.4 Å². The summed E-state index contributed by atoms with van der Waals surface area (Å²) in [5, 5.41) is 0. The van der Waals surface area contributed by atoms with Crippen LogP contribution in [0.5, 0.6) is 0 Å². The van der Waals surface area contributed by atoms with Crippen molar-refractivity contribution in [3.63, 3.8) is 0 Å². The van der Waals surface area contributed by atoms with Gasteiger partial charge in [0.2, 0.25) is 0 Å². The first-order valence-electron chi connectivity index (χ1n) is 4.82. The first-order chi connectivity index (χ1) is 6.77. The van der Waals surface area contributed by atoms with Gasteiger partial charge in [-0.25, -0.2) is 4.98 Å². The molecule has 2 heterocycles. The second kappa shape index (κ2) is 3.84. The van der Waals surface area contributed by atoms with Crippen LogP contribution < -0.4 is 10.6 Å². The van der Waals surface area contributed by atoms with Crippen molar-refractivity contribution < 1.29 is 4.74 Å². The van der Waals surface area contributed by atoms with Crippen molar-refractivity contribution in [2.24, 2.45) is 0 Å². The van der Waals surface area contributed by atoms with Crippen LogP contribution in [-0.4, -0.2) is 31.3 Å². The molecule has 0 unspecified atom stereocenters. The fraction of sp³-hybridized carbons (Fsp3) is 0.500. The third-order valence-electron chi connectivity index (χ3n) is 2.47. The summed E-state index contributed by atoms with van der Waals surface area (Å²) >= 11 is 0. The number of hydrogen-bond acceptors (Lipinski definition) is 4. The molecule has 0 aliphatic carbocycles. The molecule has 2 N–H and O–H groups in total. The van der Waals surface area contributed by atoms with E-state index in [1.807, 2.05) is 19.2 Å². The molecule has 1 saturated heterocycles. The number of aromatic nitrogens is 1. The van der Waals surface area contributed by atoms with E-state index in [1.165, 1.54) is 0 Å². The summed E-state index contributed by atoms with van der Waals surface area (Å²) in [5.74, 6) is 0.955. The van der Waals surface area contributed by atoms with Crippen molar-refractivity contribution in [1.29, 1.82) is 0 Å². The maximum absolute atomic E-state index is 5.83. The van der Waals surface area contributed by atoms with Crippen LogP contribution in [0.3, 0.4) is 0 Å². The normalized spacial score (nSPS) is 17.1. The lowest BCUT2D eigenvalue weighted by Crippen LogP contribution is -2.36. The molecule has 0 radical (unpaired) electrons. The molecule has 0 spiro atoms. The van der Waals surface area contributed by atoms with Crippen molar-refractivity contribution >= 4 is 11.5 Å². The van der Waals surface area contributed by atoms with Gasteiger partial charge in [0.25, 0.3) is 0 Å². The predicted octanol–water partition coefficient (Wildman–Crippen LogP) is 0.809. The van der Waals surface area contributed by atoms with Gasteiger partial charge in [-0.1, -0.05) is 0 Å². The van der Waals surface area contributed by atoms with Gasteiger partial charge in [-0.05, 0) is 12.5 Å². The summed E-state index contributed by atoms with van der Waals surface area (Å²) in [6, 6.07) is 1.93. The summed E-state index contributed by atoms with van der Waals surface area (Å²) in [6.07, 6.45) is 1.82. The lowest BCUT2D eigenvalue weighted by atomic mass is 10.2. The van der Waals surface area contributed by atoms with Gasteiger partial charge in [0.05, 0.1) is 13.2 Å². The highest BCUT2D eigenvalue weighted by Gasteiger charge is 2.12. The van der Waals surface area contributed by atoms with E-state index in [0.717, 1.165) is 43.4 Å². The van der Waals surface area contributed by atoms with E-state index in [9.17, 15) is 0 Å². The highest BCUT2D eigenvalue weighted by atomic mass is 16.5. The van der Waals surface area contributed by atoms with Gasteiger partial charge in [0.1, 0.15) is 5.82 Å². The quantitative estimate of drug-likeness (QED) is 0.717. The van der Waals surface area contributed by atoms with Crippen LogP contribution in [0.1, 0.15) is 5.56 Å². The average Bonchev–Trinajstić information content (AvgIpc) is 2.23. The molecule has 1 aromatic rings. The third-order valence-corrected chi connectivity index (χ3v) is 2.47. The molecule has 2 rings (SSSR count). The van der Waals surface area contributed by atoms with E-state index in [1.54, 1.807) is 0 Å². The van der Waals surface area contributed by atoms with Crippen LogP contribution in [0, 0.1) is 6.92 Å². The molecule has 0 saturated carbocycles. The second-order valence-corrected chi connectivity index (χ2v) is 3.50. The number of anilines is 2. The van der Waals surface area contributed by atoms with Gasteiger partial charge < -0.3 is 15.4 Å². The van der Waals surface area contributed by atoms with Crippen molar-refractivity contribution in [3.8, 4) is 0 Å². The Labute approximate surface area is 83.7 Å². The second-order valence-electron chi connectivity index (χ2n) is 3.50. The summed E-state index contributed by atoms with van der Waals surface area (Å²) < 4.78 is 5.27. The monoisotopic (exact) mass is 193 g/mol. The molecule has 0 amide bonds. The van der Waals surface area contributed by atoms with E-state index in [-0.39, 0.29) is 0 Å². The fourth-order valence-corrected chi connectivity index (χ4v) is 1.49. The Bertz CT molecular complexity index is 321. The van der Waals surface area contributed by atoms with Crippen LogP contribution in [0.25, 0.3) is 0 Å². The first-order valence-corrected chi connectivity index (χ1v) is 4.82. The molecular weight excluding hydrogens is 178 g/mol. The molecule has 0 aromatic carbocycles. The molecule has 4 nitrogen and oxygen atoms in total. The Balaban J connectivity index is 2.18. The average molecular weight is 193 g/mol. The highest BCUT2D eigenvalue weighted by Crippen LogP contribution is 2.18. The SMILES string of the molecule is Cc1cnc(N2CCOCC2)cc1N. The zero-order valence-electron chi connectivity index (χ0n) is 8.36. The van der Waals surface area contributed by atoms with Crippen LogP contribution in [0.2, 0.25) is 0 Å². The van der Waals surface area contributed by atoms with Crippen molar-refractivity contribution in [2.75, 3.05) is 36.9 Å². The third kappa shape index (κ3) is 1.80. The smallest absolute Gasteiger partial charge is 0.130 e. The Morgan fingerprint density at radius 2 is 2.14 bits per heavy atom. The van der Waals surface area contributed by atoms with Crippen LogP contribution in [0.15, 0.2) is 12.3 Å². The number of nitrogen functional groups attached to an aromatic ring is 1. The van der Waals surface area contributed by atoms with E-state index < -0.39 is 0 Å². The van der Waals surface area contributed by atoms with Crippen LogP contribution in [-0.2, 0) is 4.74 Å². The molecule has 76 valence electrons. The van der Waals surface area contributed by atoms with Gasteiger partial charge in [-0.3, -0.25) is 0 Å². The Morgan fingerprint density at radius 1 is 1.43 bits per heavy atom. The minimum atomic E-state index is 0.773. The van der Waals surface area contributed by atoms with Gasteiger partial charge in [0.15, 0.2) is 0 Å². The first kappa shape index (κ1) is 9.27. The molecule has 1 aliphatic rings. The highest BCUT2D eigenvalue weighted by molar-refractivity contribution is 5.54. The number of morpholine rings is 1. The van der Waals surface area contributed by atoms with Crippen LogP contribution >= 0.6 is 0 Å². The minimum absolute atomic E-state index is 0.773. The summed E-state index contributed by atoms with van der Waals surface area (Å²) in [5.41, 5.74) is 7.67. The molecule has 0 atom stereocenters. The number of ether oxygens (including phenoxy) is 1. The molecule has 1 aliphatic heterocycles. The minimum Gasteiger partial charge on any atom is -0.398 e. The number of rotatable bonds is 1. The lowest BCUT2D eigenvalue weighted by Gasteiger charge is -2.28. The molecule has 4 heteroatoms. The molecule has 0 bridgehead atoms. The van der Waals surface area contributed by atoms with Gasteiger partial charge in [-0.15, -0.1) is 0 Å². The zero-order valence-corrected chi connectivity index (χ0v) is 8.36. The lowest BCUT2D eigenvalue weighted by molar-refractivity contribution is 0.122. The van der Waals surface area contributed by atoms with Crippen molar-refractivity contribution in [1.82, 2.24) is 4.98 Å². The maximum Gasteiger partial charge on any atom is 0.130 e. The molecular formula is C10H15N3O. The van der Waals surface area contributed by atoms with Crippen molar-refractivity contribution in [3.05, 3.63) is 17.8 Å². The Morgan fingerprint density at radius 3 is 2.79 bits per heavy atom. The molecule has 1 aromatic heterocycles. The number of nitrogens with two attached hydrogens (primary N) is 1. The van der Waals surface area contributed by atoms with E-state index in [2.05, 4.69) is 9.88 Å². The summed E-state index contributed by atoms with van der Waals surface area (Å²) in [4.78, 5) is 6.55. The molecule has 1 fully saturated rings. The Kier molecular flexibility index (Phi) is 2.54. The van der Waals surface area contributed by atoms with Crippen molar-refractivity contribution in [2.45, 2.75) is 6.92 Å². The molecule has 14 heavy (non-hydrogen) atoms. The van der Waals surface area contributed by atoms with E-state index in [0.29, 0.717) is 0 Å².